The Labute approximate surface area is 193 Å². The van der Waals surface area contributed by atoms with E-state index in [1.165, 1.54) is 22.5 Å². The molecule has 2 aromatic heterocycles. The zero-order chi connectivity index (χ0) is 23.1. The third-order valence-corrected chi connectivity index (χ3v) is 7.65. The van der Waals surface area contributed by atoms with E-state index in [1.807, 2.05) is 28.2 Å². The number of hydrogen-bond acceptors (Lipinski definition) is 5. The van der Waals surface area contributed by atoms with Gasteiger partial charge in [-0.25, -0.2) is 17.6 Å². The molecule has 1 saturated heterocycles. The number of halogens is 1. The minimum absolute atomic E-state index is 0.235. The standard InChI is InChI=1S/C14H11FN2.C9H14N4O2S/c1-10-2-3-11-9-16-17(14(11)8-10)13-6-4-12(15)5-7-13;1-12-10-2-9(11-12)16(15)13-3-6-7(4-13)8(6)5-14/h2-9H,1H3;2,6-8,14H,3-5H2,1H3. The van der Waals surface area contributed by atoms with Crippen LogP contribution in [0.1, 0.15) is 5.56 Å². The Balaban J connectivity index is 0.000000139. The normalized spacial score (nSPS) is 22.6. The molecule has 8 nitrogen and oxygen atoms in total. The van der Waals surface area contributed by atoms with Gasteiger partial charge < -0.3 is 5.11 Å². The number of hydrogen-bond donors (Lipinski definition) is 1. The van der Waals surface area contributed by atoms with Crippen molar-refractivity contribution in [3.05, 3.63) is 66.2 Å². The van der Waals surface area contributed by atoms with Gasteiger partial charge in [0.15, 0.2) is 5.03 Å². The van der Waals surface area contributed by atoms with Crippen molar-refractivity contribution in [1.29, 1.82) is 0 Å². The summed E-state index contributed by atoms with van der Waals surface area (Å²) in [5, 5.41) is 22.9. The van der Waals surface area contributed by atoms with Crippen LogP contribution in [0.15, 0.2) is 59.9 Å². The minimum Gasteiger partial charge on any atom is -0.396 e. The fourth-order valence-electron chi connectivity index (χ4n) is 4.47. The van der Waals surface area contributed by atoms with Gasteiger partial charge in [0.1, 0.15) is 16.8 Å². The van der Waals surface area contributed by atoms with E-state index in [-0.39, 0.29) is 12.4 Å². The van der Waals surface area contributed by atoms with Gasteiger partial charge in [-0.1, -0.05) is 12.1 Å². The Morgan fingerprint density at radius 1 is 1.09 bits per heavy atom. The molecule has 33 heavy (non-hydrogen) atoms. The summed E-state index contributed by atoms with van der Waals surface area (Å²) >= 11 is 0. The van der Waals surface area contributed by atoms with Crippen LogP contribution in [0.3, 0.4) is 0 Å². The van der Waals surface area contributed by atoms with Gasteiger partial charge in [-0.15, -0.1) is 5.10 Å². The molecule has 3 heterocycles. The van der Waals surface area contributed by atoms with E-state index >= 15 is 0 Å². The second-order valence-electron chi connectivity index (χ2n) is 8.54. The van der Waals surface area contributed by atoms with E-state index in [2.05, 4.69) is 27.4 Å². The molecule has 1 aliphatic heterocycles. The number of rotatable bonds is 4. The van der Waals surface area contributed by atoms with Crippen molar-refractivity contribution >= 4 is 21.9 Å². The Bertz CT molecular complexity index is 1290. The highest BCUT2D eigenvalue weighted by Gasteiger charge is 2.56. The first-order chi connectivity index (χ1) is 15.9. The second kappa shape index (κ2) is 8.77. The zero-order valence-electron chi connectivity index (χ0n) is 18.4. The Morgan fingerprint density at radius 3 is 2.45 bits per heavy atom. The molecule has 10 heteroatoms. The highest BCUT2D eigenvalue weighted by atomic mass is 32.2. The summed E-state index contributed by atoms with van der Waals surface area (Å²) in [6, 6.07) is 12.5. The fraction of sp³-hybridized carbons (Fsp3) is 0.348. The molecular formula is C23H25FN6O2S. The van der Waals surface area contributed by atoms with Crippen LogP contribution in [-0.4, -0.2) is 58.1 Å². The largest absolute Gasteiger partial charge is 0.396 e. The Kier molecular flexibility index (Phi) is 5.81. The summed E-state index contributed by atoms with van der Waals surface area (Å²) < 4.78 is 28.7. The maximum Gasteiger partial charge on any atom is 0.185 e. The number of aliphatic hydroxyl groups excluding tert-OH is 1. The van der Waals surface area contributed by atoms with Gasteiger partial charge >= 0.3 is 0 Å². The molecule has 0 bridgehead atoms. The molecule has 0 radical (unpaired) electrons. The van der Waals surface area contributed by atoms with Crippen LogP contribution in [0.25, 0.3) is 16.6 Å². The lowest BCUT2D eigenvalue weighted by Crippen LogP contribution is -2.27. The van der Waals surface area contributed by atoms with Crippen molar-refractivity contribution in [2.24, 2.45) is 24.8 Å². The zero-order valence-corrected chi connectivity index (χ0v) is 19.2. The number of piperidine rings is 1. The van der Waals surface area contributed by atoms with E-state index in [1.54, 1.807) is 25.4 Å². The molecule has 0 amide bonds. The maximum atomic E-state index is 12.9. The molecule has 1 N–H and O–H groups in total. The van der Waals surface area contributed by atoms with E-state index in [4.69, 9.17) is 5.11 Å². The summed E-state index contributed by atoms with van der Waals surface area (Å²) in [5.74, 6) is 1.27. The average Bonchev–Trinajstić information content (AvgIpc) is 3.24. The number of aliphatic hydroxyl groups is 1. The van der Waals surface area contributed by atoms with Crippen LogP contribution in [0.4, 0.5) is 4.39 Å². The first-order valence-electron chi connectivity index (χ1n) is 10.8. The smallest absolute Gasteiger partial charge is 0.185 e. The molecule has 1 saturated carbocycles. The summed E-state index contributed by atoms with van der Waals surface area (Å²) in [7, 11) is 0.524. The molecule has 4 aromatic rings. The van der Waals surface area contributed by atoms with Crippen molar-refractivity contribution in [2.75, 3.05) is 19.7 Å². The molecular weight excluding hydrogens is 443 g/mol. The van der Waals surface area contributed by atoms with Gasteiger partial charge in [0, 0.05) is 32.1 Å². The number of nitrogens with zero attached hydrogens (tertiary/aromatic N) is 6. The Morgan fingerprint density at radius 2 is 1.82 bits per heavy atom. The summed E-state index contributed by atoms with van der Waals surface area (Å²) in [6.45, 7) is 3.92. The van der Waals surface area contributed by atoms with Crippen LogP contribution < -0.4 is 0 Å². The summed E-state index contributed by atoms with van der Waals surface area (Å²) in [4.78, 5) is 1.42. The summed E-state index contributed by atoms with van der Waals surface area (Å²) in [6.07, 6.45) is 3.36. The number of aromatic nitrogens is 5. The van der Waals surface area contributed by atoms with Crippen LogP contribution in [0, 0.1) is 30.5 Å². The SMILES string of the molecule is Cc1ccc2cnn(-c3ccc(F)cc3)c2c1.Cn1ncc(S(=O)N2CC3C(CO)C3C2)n1. The molecule has 1 aliphatic carbocycles. The first kappa shape index (κ1) is 21.9. The fourth-order valence-corrected chi connectivity index (χ4v) is 5.68. The topological polar surface area (TPSA) is 89.1 Å². The van der Waals surface area contributed by atoms with Gasteiger partial charge in [-0.05, 0) is 60.6 Å². The number of benzene rings is 2. The predicted octanol–water partition coefficient (Wildman–Crippen LogP) is 2.48. The average molecular weight is 469 g/mol. The molecule has 0 spiro atoms. The quantitative estimate of drug-likeness (QED) is 0.497. The van der Waals surface area contributed by atoms with E-state index in [0.29, 0.717) is 22.8 Å². The van der Waals surface area contributed by atoms with Crippen LogP contribution in [0.2, 0.25) is 0 Å². The molecule has 172 valence electrons. The molecule has 6 rings (SSSR count). The minimum atomic E-state index is -1.19. The number of fused-ring (bicyclic) bond motifs is 2. The predicted molar refractivity (Wildman–Crippen MR) is 122 cm³/mol. The lowest BCUT2D eigenvalue weighted by atomic mass is 10.2. The Hall–Kier alpha value is -2.95. The molecule has 2 fully saturated rings. The molecule has 3 unspecified atom stereocenters. The van der Waals surface area contributed by atoms with Crippen molar-refractivity contribution in [3.63, 3.8) is 0 Å². The maximum absolute atomic E-state index is 12.9. The van der Waals surface area contributed by atoms with Crippen LogP contribution in [-0.2, 0) is 18.0 Å². The second-order valence-corrected chi connectivity index (χ2v) is 9.97. The molecule has 3 atom stereocenters. The third-order valence-electron chi connectivity index (χ3n) is 6.34. The van der Waals surface area contributed by atoms with Crippen molar-refractivity contribution < 1.29 is 13.7 Å². The lowest BCUT2D eigenvalue weighted by molar-refractivity contribution is 0.249. The number of aryl methyl sites for hydroxylation is 2. The van der Waals surface area contributed by atoms with Crippen molar-refractivity contribution in [3.8, 4) is 5.69 Å². The first-order valence-corrected chi connectivity index (χ1v) is 11.9. The highest BCUT2D eigenvalue weighted by molar-refractivity contribution is 7.82. The highest BCUT2D eigenvalue weighted by Crippen LogP contribution is 2.51. The monoisotopic (exact) mass is 468 g/mol. The van der Waals surface area contributed by atoms with Crippen LogP contribution >= 0.6 is 0 Å². The van der Waals surface area contributed by atoms with Crippen molar-refractivity contribution in [1.82, 2.24) is 29.1 Å². The lowest BCUT2D eigenvalue weighted by Gasteiger charge is -2.15. The molecule has 2 aliphatic rings. The summed E-state index contributed by atoms with van der Waals surface area (Å²) in [5.41, 5.74) is 3.09. The van der Waals surface area contributed by atoms with Gasteiger partial charge in [-0.3, -0.25) is 0 Å². The van der Waals surface area contributed by atoms with Gasteiger partial charge in [0.2, 0.25) is 0 Å². The van der Waals surface area contributed by atoms with E-state index < -0.39 is 11.0 Å². The van der Waals surface area contributed by atoms with Gasteiger partial charge in [0.25, 0.3) is 0 Å². The van der Waals surface area contributed by atoms with Gasteiger partial charge in [-0.2, -0.15) is 15.0 Å². The molecule has 2 aromatic carbocycles. The third kappa shape index (κ3) is 4.33. The van der Waals surface area contributed by atoms with E-state index in [0.717, 1.165) is 29.7 Å². The van der Waals surface area contributed by atoms with Gasteiger partial charge in [0.05, 0.1) is 23.6 Å². The van der Waals surface area contributed by atoms with Crippen molar-refractivity contribution in [2.45, 2.75) is 11.9 Å². The van der Waals surface area contributed by atoms with E-state index in [9.17, 15) is 8.60 Å². The van der Waals surface area contributed by atoms with Crippen LogP contribution in [0.5, 0.6) is 0 Å².